The highest BCUT2D eigenvalue weighted by Gasteiger charge is 2.67. The van der Waals surface area contributed by atoms with E-state index in [2.05, 4.69) is 20.8 Å². The van der Waals surface area contributed by atoms with Gasteiger partial charge in [0.15, 0.2) is 6.23 Å². The number of phenolic OH excluding ortho intramolecular Hbond substituents is 1. The Hall–Kier alpha value is -4.27. The van der Waals surface area contributed by atoms with E-state index in [1.54, 1.807) is 19.2 Å². The number of hydrogen-bond acceptors (Lipinski definition) is 11. The van der Waals surface area contributed by atoms with Gasteiger partial charge in [-0.3, -0.25) is 14.5 Å². The van der Waals surface area contributed by atoms with Crippen molar-refractivity contribution in [1.82, 2.24) is 30.4 Å². The number of amides is 2. The number of carbonyl (C=O) groups is 3. The molecule has 5 rings (SSSR count). The third kappa shape index (κ3) is 5.53. The Bertz CT molecular complexity index is 1510. The summed E-state index contributed by atoms with van der Waals surface area (Å²) >= 11 is 1.27. The second-order valence-electron chi connectivity index (χ2n) is 9.50. The van der Waals surface area contributed by atoms with Gasteiger partial charge in [-0.25, -0.2) is 9.48 Å². The Morgan fingerprint density at radius 3 is 2.66 bits per heavy atom. The fourth-order valence-corrected chi connectivity index (χ4v) is 5.41. The van der Waals surface area contributed by atoms with Gasteiger partial charge in [0.05, 0.1) is 13.0 Å². The van der Waals surface area contributed by atoms with Gasteiger partial charge in [0.1, 0.15) is 18.1 Å². The first-order valence-electron chi connectivity index (χ1n) is 12.6. The number of rotatable bonds is 10. The number of ether oxygens (including phenoxy) is 3. The lowest BCUT2D eigenvalue weighted by molar-refractivity contribution is -0.258. The number of carbonyl (C=O) groups excluding carboxylic acids is 3. The van der Waals surface area contributed by atoms with Crippen molar-refractivity contribution < 1.29 is 33.7 Å². The SMILES string of the molecule is CO[C@@]1(NC(=O)Cc2ccc(O)cc2)C(=O)N2C(C(=O)OCc3ccccc3C)=C(CSc3nnnn3C)CO[C@@H]21. The largest absolute Gasteiger partial charge is 0.508 e. The van der Waals surface area contributed by atoms with E-state index in [0.29, 0.717) is 16.3 Å². The minimum atomic E-state index is -1.83. The van der Waals surface area contributed by atoms with Crippen LogP contribution in [0.1, 0.15) is 16.7 Å². The van der Waals surface area contributed by atoms with Gasteiger partial charge in [0.2, 0.25) is 11.1 Å². The Morgan fingerprint density at radius 1 is 1.22 bits per heavy atom. The summed E-state index contributed by atoms with van der Waals surface area (Å²) in [5.41, 5.74) is 1.10. The standard InChI is InChI=1S/C27H28N6O7S/c1-16-6-4-5-7-18(16)13-39-23(36)22-19(15-41-26-29-30-31-32(26)2)14-40-25-27(38-3,24(37)33(22)25)28-21(35)12-17-8-10-20(34)11-9-17/h4-11,25,34H,12-15H2,1-3H3,(H,28,35)/t25-,27+/m1/s1. The molecule has 3 aromatic rings. The molecule has 0 unspecified atom stereocenters. The lowest BCUT2D eigenvalue weighted by Gasteiger charge is -2.55. The first-order valence-corrected chi connectivity index (χ1v) is 13.6. The third-order valence-corrected chi connectivity index (χ3v) is 7.93. The smallest absolute Gasteiger partial charge is 0.355 e. The summed E-state index contributed by atoms with van der Waals surface area (Å²) in [6.45, 7) is 1.89. The van der Waals surface area contributed by atoms with E-state index in [0.717, 1.165) is 11.1 Å². The quantitative estimate of drug-likeness (QED) is 0.154. The molecule has 2 N–H and O–H groups in total. The van der Waals surface area contributed by atoms with E-state index >= 15 is 0 Å². The maximum atomic E-state index is 13.6. The summed E-state index contributed by atoms with van der Waals surface area (Å²) in [6, 6.07) is 13.6. The van der Waals surface area contributed by atoms with Crippen LogP contribution in [0.4, 0.5) is 0 Å². The van der Waals surface area contributed by atoms with Gasteiger partial charge < -0.3 is 24.6 Å². The minimum Gasteiger partial charge on any atom is -0.508 e. The highest BCUT2D eigenvalue weighted by atomic mass is 32.2. The number of thioether (sulfide) groups is 1. The minimum absolute atomic E-state index is 0.00891. The molecule has 0 bridgehead atoms. The number of benzene rings is 2. The molecule has 2 aliphatic rings. The molecule has 3 heterocycles. The van der Waals surface area contributed by atoms with Crippen molar-refractivity contribution in [3.8, 4) is 5.75 Å². The van der Waals surface area contributed by atoms with Gasteiger partial charge in [0, 0.05) is 19.9 Å². The second kappa shape index (κ2) is 11.7. The fourth-order valence-electron chi connectivity index (χ4n) is 4.57. The van der Waals surface area contributed by atoms with Crippen molar-refractivity contribution in [2.45, 2.75) is 37.1 Å². The third-order valence-electron chi connectivity index (χ3n) is 6.83. The van der Waals surface area contributed by atoms with Crippen LogP contribution in [0.25, 0.3) is 0 Å². The van der Waals surface area contributed by atoms with Crippen LogP contribution in [0, 0.1) is 6.92 Å². The van der Waals surface area contributed by atoms with Gasteiger partial charge in [-0.2, -0.15) is 0 Å². The monoisotopic (exact) mass is 580 g/mol. The maximum Gasteiger partial charge on any atom is 0.355 e. The van der Waals surface area contributed by atoms with Crippen LogP contribution < -0.4 is 5.32 Å². The van der Waals surface area contributed by atoms with Crippen LogP contribution in [-0.2, 0) is 48.7 Å². The van der Waals surface area contributed by atoms with Crippen molar-refractivity contribution in [2.24, 2.45) is 7.05 Å². The highest BCUT2D eigenvalue weighted by Crippen LogP contribution is 2.41. The van der Waals surface area contributed by atoms with Crippen LogP contribution in [0.5, 0.6) is 5.75 Å². The number of phenols is 1. The molecular formula is C27H28N6O7S. The van der Waals surface area contributed by atoms with E-state index in [1.807, 2.05) is 31.2 Å². The molecule has 2 atom stereocenters. The molecule has 2 amide bonds. The zero-order chi connectivity index (χ0) is 29.1. The summed E-state index contributed by atoms with van der Waals surface area (Å²) in [5.74, 6) is -1.57. The molecule has 0 aliphatic carbocycles. The highest BCUT2D eigenvalue weighted by molar-refractivity contribution is 7.99. The number of tetrazole rings is 1. The molecule has 0 saturated carbocycles. The Morgan fingerprint density at radius 2 is 1.98 bits per heavy atom. The molecule has 1 aromatic heterocycles. The first kappa shape index (κ1) is 28.3. The summed E-state index contributed by atoms with van der Waals surface area (Å²) in [7, 11) is 2.97. The zero-order valence-electron chi connectivity index (χ0n) is 22.6. The van der Waals surface area contributed by atoms with Gasteiger partial charge in [0.25, 0.3) is 11.6 Å². The Balaban J connectivity index is 1.38. The lowest BCUT2D eigenvalue weighted by atomic mass is 9.94. The molecule has 214 valence electrons. The van der Waals surface area contributed by atoms with Crippen molar-refractivity contribution in [1.29, 1.82) is 0 Å². The number of nitrogens with one attached hydrogen (secondary N) is 1. The van der Waals surface area contributed by atoms with Crippen LogP contribution in [-0.4, -0.2) is 79.4 Å². The normalized spacial score (nSPS) is 19.9. The summed E-state index contributed by atoms with van der Waals surface area (Å²) in [6.07, 6.45) is -1.17. The number of aromatic hydroxyl groups is 1. The van der Waals surface area contributed by atoms with Gasteiger partial charge in [-0.15, -0.1) is 5.10 Å². The van der Waals surface area contributed by atoms with Crippen LogP contribution >= 0.6 is 11.8 Å². The molecule has 1 saturated heterocycles. The van der Waals surface area contributed by atoms with Gasteiger partial charge >= 0.3 is 5.97 Å². The molecule has 0 radical (unpaired) electrons. The number of aromatic nitrogens is 4. The summed E-state index contributed by atoms with van der Waals surface area (Å²) < 4.78 is 18.7. The number of fused-ring (bicyclic) bond motifs is 1. The van der Waals surface area contributed by atoms with E-state index in [4.69, 9.17) is 14.2 Å². The van der Waals surface area contributed by atoms with Crippen LogP contribution in [0.2, 0.25) is 0 Å². The van der Waals surface area contributed by atoms with Crippen molar-refractivity contribution in [3.63, 3.8) is 0 Å². The molecule has 1 fully saturated rings. The van der Waals surface area contributed by atoms with Gasteiger partial charge in [-0.1, -0.05) is 48.2 Å². The maximum absolute atomic E-state index is 13.6. The van der Waals surface area contributed by atoms with Crippen molar-refractivity contribution >= 4 is 29.5 Å². The van der Waals surface area contributed by atoms with Crippen LogP contribution in [0.3, 0.4) is 0 Å². The lowest BCUT2D eigenvalue weighted by Crippen LogP contribution is -2.82. The van der Waals surface area contributed by atoms with Crippen molar-refractivity contribution in [3.05, 3.63) is 76.5 Å². The molecule has 2 aromatic carbocycles. The zero-order valence-corrected chi connectivity index (χ0v) is 23.4. The Kier molecular flexibility index (Phi) is 8.06. The number of nitrogens with zero attached hydrogens (tertiary/aromatic N) is 5. The molecule has 13 nitrogen and oxygen atoms in total. The fraction of sp³-hybridized carbons (Fsp3) is 0.333. The predicted molar refractivity (Wildman–Crippen MR) is 144 cm³/mol. The Labute approximate surface area is 239 Å². The number of hydrogen-bond donors (Lipinski definition) is 2. The number of esters is 1. The number of methoxy groups -OCH3 is 1. The van der Waals surface area contributed by atoms with Gasteiger partial charge in [-0.05, 0) is 51.7 Å². The molecule has 0 spiro atoms. The topological polar surface area (TPSA) is 158 Å². The van der Waals surface area contributed by atoms with E-state index in [1.165, 1.54) is 40.6 Å². The summed E-state index contributed by atoms with van der Waals surface area (Å²) in [5, 5.41) is 24.0. The van der Waals surface area contributed by atoms with E-state index in [-0.39, 0.29) is 36.8 Å². The number of aryl methyl sites for hydroxylation is 2. The van der Waals surface area contributed by atoms with Crippen LogP contribution in [0.15, 0.2) is 65.0 Å². The van der Waals surface area contributed by atoms with E-state index < -0.39 is 29.7 Å². The molecular weight excluding hydrogens is 552 g/mol. The average Bonchev–Trinajstić information content (AvgIpc) is 3.39. The molecule has 14 heteroatoms. The second-order valence-corrected chi connectivity index (χ2v) is 10.4. The molecule has 41 heavy (non-hydrogen) atoms. The molecule has 2 aliphatic heterocycles. The first-order chi connectivity index (χ1) is 19.7. The van der Waals surface area contributed by atoms with Crippen molar-refractivity contribution in [2.75, 3.05) is 19.5 Å². The predicted octanol–water partition coefficient (Wildman–Crippen LogP) is 1.21. The average molecular weight is 581 g/mol. The number of β-lactam (4-membered cyclic amide) rings is 1. The summed E-state index contributed by atoms with van der Waals surface area (Å²) in [4.78, 5) is 41.2. The van der Waals surface area contributed by atoms with E-state index in [9.17, 15) is 19.5 Å².